The molecule has 4 heteroatoms. The Morgan fingerprint density at radius 3 is 1.25 bits per heavy atom. The Morgan fingerprint density at radius 2 is 1.25 bits per heavy atom. The van der Waals surface area contributed by atoms with Crippen molar-refractivity contribution in [1.29, 1.82) is 0 Å². The van der Waals surface area contributed by atoms with E-state index in [1.807, 2.05) is 0 Å². The molecule has 0 heterocycles. The number of halogens is 2. The van der Waals surface area contributed by atoms with Crippen molar-refractivity contribution in [2.45, 2.75) is 0 Å². The van der Waals surface area contributed by atoms with Crippen molar-refractivity contribution in [3.05, 3.63) is 0 Å². The van der Waals surface area contributed by atoms with E-state index in [-0.39, 0.29) is 16.5 Å². The van der Waals surface area contributed by atoms with E-state index in [4.69, 9.17) is 0 Å². The maximum absolute atomic E-state index is 9.59. The second kappa shape index (κ2) is 9.13. The van der Waals surface area contributed by atoms with Gasteiger partial charge in [-0.1, -0.05) is 0 Å². The van der Waals surface area contributed by atoms with Crippen LogP contribution in [0.4, 0.5) is 7.16 Å². The van der Waals surface area contributed by atoms with E-state index in [0.717, 1.165) is 0 Å². The second-order valence-electron chi connectivity index (χ2n) is 0.0476. The summed E-state index contributed by atoms with van der Waals surface area (Å²) >= 11 is -1.56. The molecule has 0 N–H and O–H groups in total. The molecule has 0 fully saturated rings. The van der Waals surface area contributed by atoms with Crippen LogP contribution in [0.15, 0.2) is 0 Å². The fourth-order valence-electron chi connectivity index (χ4n) is 0. The van der Waals surface area contributed by atoms with Gasteiger partial charge in [0.2, 0.25) is 0 Å². The molecule has 0 saturated carbocycles. The number of hydrogen-bond acceptors (Lipinski definition) is 0. The molecule has 0 aromatic heterocycles. The number of rotatable bonds is 0. The van der Waals surface area contributed by atoms with E-state index in [2.05, 4.69) is 0 Å². The fourth-order valence-corrected chi connectivity index (χ4v) is 0. The molecule has 33 valence electrons. The van der Waals surface area contributed by atoms with Crippen molar-refractivity contribution in [3.63, 3.8) is 0 Å². The van der Waals surface area contributed by atoms with Crippen molar-refractivity contribution in [1.82, 2.24) is 0 Å². The molecule has 0 spiro atoms. The standard InChI is InChI=1S/Co.2FH.Ni/h;2*1H;/q+2;;;/p-2. The van der Waals surface area contributed by atoms with Crippen molar-refractivity contribution in [3.8, 4) is 0 Å². The van der Waals surface area contributed by atoms with E-state index >= 15 is 0 Å². The van der Waals surface area contributed by atoms with Crippen LogP contribution in [0.5, 0.6) is 0 Å². The van der Waals surface area contributed by atoms with Gasteiger partial charge in [0.15, 0.2) is 0 Å². The van der Waals surface area contributed by atoms with Gasteiger partial charge >= 0.3 is 22.8 Å². The van der Waals surface area contributed by atoms with E-state index in [1.54, 1.807) is 0 Å². The van der Waals surface area contributed by atoms with E-state index in [1.165, 1.54) is 0 Å². The summed E-state index contributed by atoms with van der Waals surface area (Å²) in [5.41, 5.74) is 0. The van der Waals surface area contributed by atoms with Crippen LogP contribution >= 0.6 is 0 Å². The molecule has 0 radical (unpaired) electrons. The molecule has 0 nitrogen and oxygen atoms in total. The van der Waals surface area contributed by atoms with Crippen LogP contribution in [0.1, 0.15) is 0 Å². The first-order valence-electron chi connectivity index (χ1n) is 0.252. The Labute approximate surface area is 39.8 Å². The summed E-state index contributed by atoms with van der Waals surface area (Å²) in [6, 6.07) is 0. The molecule has 0 amide bonds. The zero-order valence-corrected chi connectivity index (χ0v) is 3.43. The average molecular weight is 156 g/mol. The first-order chi connectivity index (χ1) is 1.41. The van der Waals surface area contributed by atoms with Gasteiger partial charge in [0.25, 0.3) is 0 Å². The molecule has 0 aromatic rings. The average Bonchev–Trinajstić information content (AvgIpc) is 0.918. The van der Waals surface area contributed by atoms with Gasteiger partial charge in [-0.25, -0.2) is 0 Å². The normalized spacial score (nSPS) is 5.50. The maximum Gasteiger partial charge on any atom is 0 e. The minimum absolute atomic E-state index is 0. The largest absolute Gasteiger partial charge is 0 e. The third-order valence-electron chi connectivity index (χ3n) is 0. The summed E-state index contributed by atoms with van der Waals surface area (Å²) in [4.78, 5) is 0. The summed E-state index contributed by atoms with van der Waals surface area (Å²) in [7, 11) is 0. The van der Waals surface area contributed by atoms with Crippen LogP contribution in [0.25, 0.3) is 0 Å². The van der Waals surface area contributed by atoms with Crippen LogP contribution < -0.4 is 0 Å². The molecular formula is CoF2Ni. The summed E-state index contributed by atoms with van der Waals surface area (Å²) in [5, 5.41) is 0. The van der Waals surface area contributed by atoms with Gasteiger partial charge in [0.1, 0.15) is 0 Å². The van der Waals surface area contributed by atoms with Crippen molar-refractivity contribution >= 4 is 0 Å². The van der Waals surface area contributed by atoms with Gasteiger partial charge in [0, 0.05) is 16.5 Å². The molecule has 0 rings (SSSR count). The van der Waals surface area contributed by atoms with E-state index in [9.17, 15) is 7.16 Å². The fraction of sp³-hybridized carbons (Fsp3) is 0. The molecule has 0 aliphatic carbocycles. The third kappa shape index (κ3) is 13.4. The van der Waals surface area contributed by atoms with Crippen molar-refractivity contribution in [2.24, 2.45) is 0 Å². The van der Waals surface area contributed by atoms with Crippen molar-refractivity contribution in [2.75, 3.05) is 0 Å². The van der Waals surface area contributed by atoms with Gasteiger partial charge < -0.3 is 0 Å². The number of hydrogen-bond donors (Lipinski definition) is 0. The monoisotopic (exact) mass is 155 g/mol. The van der Waals surface area contributed by atoms with E-state index < -0.39 is 15.6 Å². The molecule has 0 aromatic carbocycles. The van der Waals surface area contributed by atoms with Gasteiger partial charge in [-0.2, -0.15) is 0 Å². The molecule has 0 unspecified atom stereocenters. The first-order valence-corrected chi connectivity index (χ1v) is 1.04. The Kier molecular flexibility index (Phi) is 20.2. The van der Waals surface area contributed by atoms with Gasteiger partial charge in [-0.3, -0.25) is 0 Å². The zero-order chi connectivity index (χ0) is 2.71. The smallest absolute Gasteiger partial charge is 0 e. The van der Waals surface area contributed by atoms with Crippen LogP contribution in [0, 0.1) is 0 Å². The topological polar surface area (TPSA) is 0 Å². The Bertz CT molecular complexity index is 6.00. The Hall–Kier alpha value is 0.860. The van der Waals surface area contributed by atoms with Gasteiger partial charge in [-0.05, 0) is 0 Å². The predicted molar refractivity (Wildman–Crippen MR) is 2.22 cm³/mol. The van der Waals surface area contributed by atoms with Gasteiger partial charge in [0.05, 0.1) is 0 Å². The molecule has 0 saturated heterocycles. The van der Waals surface area contributed by atoms with Crippen molar-refractivity contribution < 1.29 is 39.2 Å². The zero-order valence-electron chi connectivity index (χ0n) is 1.41. The SMILES string of the molecule is [F][Co][F].[Ni]. The molecule has 4 heavy (non-hydrogen) atoms. The molecule has 0 atom stereocenters. The molecule has 0 bridgehead atoms. The molecule has 0 aliphatic rings. The Balaban J connectivity index is 0. The van der Waals surface area contributed by atoms with Crippen LogP contribution in [0.3, 0.4) is 0 Å². The minimum atomic E-state index is -1.56. The summed E-state index contributed by atoms with van der Waals surface area (Å²) in [5.74, 6) is 0. The second-order valence-corrected chi connectivity index (χ2v) is 0.196. The predicted octanol–water partition coefficient (Wildman–Crippen LogP) is 0.835. The summed E-state index contributed by atoms with van der Waals surface area (Å²) in [6.07, 6.45) is 0. The van der Waals surface area contributed by atoms with E-state index in [0.29, 0.717) is 0 Å². The summed E-state index contributed by atoms with van der Waals surface area (Å²) in [6.45, 7) is 0. The van der Waals surface area contributed by atoms with Crippen LogP contribution in [-0.2, 0) is 32.1 Å². The first kappa shape index (κ1) is 8.85. The maximum atomic E-state index is 9.59. The van der Waals surface area contributed by atoms with Gasteiger partial charge in [-0.15, -0.1) is 0 Å². The third-order valence-corrected chi connectivity index (χ3v) is 0. The van der Waals surface area contributed by atoms with Crippen LogP contribution in [0.2, 0.25) is 0 Å². The quantitative estimate of drug-likeness (QED) is 0.455. The molecule has 0 aliphatic heterocycles. The van der Waals surface area contributed by atoms with Crippen LogP contribution in [-0.4, -0.2) is 0 Å². The minimum Gasteiger partial charge on any atom is 0 e. The summed E-state index contributed by atoms with van der Waals surface area (Å²) < 4.78 is 19.2. The Morgan fingerprint density at radius 1 is 1.25 bits per heavy atom. The molecular weight excluding hydrogens is 156 g/mol.